The first-order valence-corrected chi connectivity index (χ1v) is 22.3. The number of H-pyrrole nitrogens is 3. The molecule has 0 fully saturated rings. The average Bonchev–Trinajstić information content (AvgIpc) is 3.24. The predicted molar refractivity (Wildman–Crippen MR) is 255 cm³/mol. The molecule has 6 rings (SSSR count). The smallest absolute Gasteiger partial charge is 0.329 e. The fourth-order valence-corrected chi connectivity index (χ4v) is 6.87. The van der Waals surface area contributed by atoms with Crippen LogP contribution in [0.4, 0.5) is 8.78 Å². The van der Waals surface area contributed by atoms with E-state index in [4.69, 9.17) is 15.3 Å². The van der Waals surface area contributed by atoms with E-state index in [0.29, 0.717) is 28.0 Å². The summed E-state index contributed by atoms with van der Waals surface area (Å²) in [6.07, 6.45) is 9.33. The van der Waals surface area contributed by atoms with Crippen molar-refractivity contribution in [3.05, 3.63) is 195 Å². The van der Waals surface area contributed by atoms with Gasteiger partial charge in [0.25, 0.3) is 21.2 Å². The van der Waals surface area contributed by atoms with Gasteiger partial charge in [-0.25, -0.2) is 19.6 Å². The summed E-state index contributed by atoms with van der Waals surface area (Å²) in [5, 5.41) is 17.4. The number of ether oxygens (including phenoxy) is 1. The summed E-state index contributed by atoms with van der Waals surface area (Å²) in [7, 11) is -3.48. The molecule has 0 aliphatic heterocycles. The number of halogens is 2. The van der Waals surface area contributed by atoms with Crippen molar-refractivity contribution in [2.45, 2.75) is 66.5 Å². The number of ketones is 1. The standard InChI is InChI=1S/C24H21FN4O3.C17H17N3O3.C7H8FNO3S.B.Y/c1-14(2)20-21(22(30)18-10-15(3)9-16(11-18)5-4-7-26)29(24(32)28-23(20)31)13-17-6-8-27-19(25)12-17;1-10(2)14-15(21)19-17(22)20-16(14)23-13-8-11(3)7-12(9-13)5-4-6-18;1-13(10,11)12-5-6-2-3-9-7(8)4-6;;/h4-6,8-12,14H,13H2,1-3H3,(H,28,31,32);4-5,7-10H,1-3H3,(H2,19,20,21,22);2-4H,5H2,1H3;;/b2*5-4+;;;. The van der Waals surface area contributed by atoms with Crippen LogP contribution in [-0.2, 0) is 60.2 Å². The van der Waals surface area contributed by atoms with Crippen molar-refractivity contribution in [2.24, 2.45) is 0 Å². The van der Waals surface area contributed by atoms with Gasteiger partial charge in [0.2, 0.25) is 23.6 Å². The number of aryl methyl sites for hydroxylation is 2. The molecular weight excluding hydrogens is 1000 g/mol. The summed E-state index contributed by atoms with van der Waals surface area (Å²) >= 11 is 0. The van der Waals surface area contributed by atoms with Gasteiger partial charge in [-0.15, -0.1) is 0 Å². The maximum absolute atomic E-state index is 13.6. The number of rotatable bonds is 13. The summed E-state index contributed by atoms with van der Waals surface area (Å²) in [5.41, 5.74) is 2.25. The van der Waals surface area contributed by atoms with Gasteiger partial charge >= 0.3 is 11.4 Å². The second-order valence-electron chi connectivity index (χ2n) is 15.6. The Morgan fingerprint density at radius 3 is 1.84 bits per heavy atom. The first-order chi connectivity index (χ1) is 32.1. The molecule has 0 unspecified atom stereocenters. The number of carbonyl (C=O) groups excluding carboxylic acids is 1. The number of nitriles is 2. The molecule has 4 heterocycles. The second kappa shape index (κ2) is 27.2. The van der Waals surface area contributed by atoms with E-state index in [9.17, 15) is 41.2 Å². The van der Waals surface area contributed by atoms with Crippen LogP contribution in [0.25, 0.3) is 12.2 Å². The van der Waals surface area contributed by atoms with Crippen molar-refractivity contribution in [3.63, 3.8) is 0 Å². The van der Waals surface area contributed by atoms with Crippen molar-refractivity contribution in [3.8, 4) is 23.8 Å². The Hall–Kier alpha value is -7.03. The molecule has 0 aliphatic rings. The van der Waals surface area contributed by atoms with E-state index in [1.54, 1.807) is 63.3 Å². The number of carbonyl (C=O) groups is 1. The number of nitrogens with zero attached hydrogens (tertiary/aromatic N) is 5. The van der Waals surface area contributed by atoms with Gasteiger partial charge in [-0.05, 0) is 120 Å². The van der Waals surface area contributed by atoms with Crippen molar-refractivity contribution in [1.82, 2.24) is 29.5 Å². The molecule has 0 saturated heterocycles. The predicted octanol–water partition coefficient (Wildman–Crippen LogP) is 6.46. The molecule has 4 radical (unpaired) electrons. The number of hydrogen-bond donors (Lipinski definition) is 3. The van der Waals surface area contributed by atoms with Crippen molar-refractivity contribution in [2.75, 3.05) is 6.26 Å². The summed E-state index contributed by atoms with van der Waals surface area (Å²) in [5.74, 6) is -1.75. The van der Waals surface area contributed by atoms with Gasteiger partial charge in [-0.3, -0.25) is 38.1 Å². The molecule has 17 nitrogen and oxygen atoms in total. The summed E-state index contributed by atoms with van der Waals surface area (Å²) in [6.45, 7) is 10.6. The normalized spacial score (nSPS) is 10.8. The molecule has 0 bridgehead atoms. The molecule has 0 saturated carbocycles. The fraction of sp³-hybridized carbons (Fsp3) is 0.229. The third-order valence-corrected chi connectivity index (χ3v) is 9.81. The zero-order valence-electron chi connectivity index (χ0n) is 39.0. The first-order valence-electron chi connectivity index (χ1n) is 20.5. The first kappa shape index (κ1) is 59.1. The minimum Gasteiger partial charge on any atom is -0.440 e. The number of hydrogen-bond acceptors (Lipinski definition) is 13. The molecule has 4 aromatic heterocycles. The number of pyridine rings is 2. The van der Waals surface area contributed by atoms with Crippen molar-refractivity contribution in [1.29, 1.82) is 10.5 Å². The Kier molecular flexibility index (Phi) is 23.0. The number of aromatic nitrogens is 6. The topological polar surface area (TPSA) is 264 Å². The summed E-state index contributed by atoms with van der Waals surface area (Å²) in [4.78, 5) is 76.3. The van der Waals surface area contributed by atoms with Gasteiger partial charge in [0, 0.05) is 76.8 Å². The van der Waals surface area contributed by atoms with Crippen LogP contribution in [0.3, 0.4) is 0 Å². The molecule has 6 aromatic rings. The monoisotopic (exact) mass is 1050 g/mol. The number of allylic oxidation sites excluding steroid dienone is 2. The molecule has 70 heavy (non-hydrogen) atoms. The Labute approximate surface area is 428 Å². The molecule has 3 N–H and O–H groups in total. The van der Waals surface area contributed by atoms with Gasteiger partial charge in [-0.1, -0.05) is 39.8 Å². The SMILES string of the molecule is CS(=O)(=O)OCc1ccnc(F)c1.Cc1cc(/C=C/C#N)cc(C(=O)c2c(C(C)C)c(=O)[nH]c(=O)n2Cc2ccnc(F)c2)c1.Cc1cc(/C=C/C#N)cc(Oc2[nH]c(=O)[nH]c(=O)c2C(C)C)c1.[B].[Y]. The number of nitrogens with one attached hydrogen (secondary N) is 3. The van der Waals surface area contributed by atoms with E-state index in [0.717, 1.165) is 39.6 Å². The van der Waals surface area contributed by atoms with Crippen molar-refractivity contribution >= 4 is 36.5 Å². The van der Waals surface area contributed by atoms with Crippen molar-refractivity contribution < 1.29 is 63.6 Å². The molecular formula is C48H46BF2N8O9SY. The molecule has 0 aliphatic carbocycles. The Morgan fingerprint density at radius 2 is 1.30 bits per heavy atom. The largest absolute Gasteiger partial charge is 0.440 e. The number of aromatic amines is 3. The van der Waals surface area contributed by atoms with Gasteiger partial charge in [0.05, 0.1) is 37.1 Å². The van der Waals surface area contributed by atoms with E-state index >= 15 is 0 Å². The van der Waals surface area contributed by atoms with Crippen LogP contribution in [0.5, 0.6) is 11.6 Å². The van der Waals surface area contributed by atoms with Gasteiger partial charge in [0.15, 0.2) is 0 Å². The van der Waals surface area contributed by atoms with Gasteiger partial charge < -0.3 is 4.74 Å². The zero-order valence-corrected chi connectivity index (χ0v) is 42.7. The van der Waals surface area contributed by atoms with E-state index < -0.39 is 50.3 Å². The minimum atomic E-state index is -3.48. The van der Waals surface area contributed by atoms with E-state index in [-0.39, 0.29) is 88.8 Å². The van der Waals surface area contributed by atoms with Gasteiger partial charge in [-0.2, -0.15) is 27.7 Å². The molecule has 2 aromatic carbocycles. The second-order valence-corrected chi connectivity index (χ2v) is 17.2. The van der Waals surface area contributed by atoms with Crippen LogP contribution in [0.1, 0.15) is 100 Å². The Morgan fingerprint density at radius 1 is 0.771 bits per heavy atom. The third-order valence-electron chi connectivity index (χ3n) is 9.27. The molecule has 0 atom stereocenters. The van der Waals surface area contributed by atoms with E-state index in [1.165, 1.54) is 36.7 Å². The number of benzene rings is 2. The van der Waals surface area contributed by atoms with Crippen LogP contribution >= 0.6 is 0 Å². The van der Waals surface area contributed by atoms with Crippen LogP contribution in [0.15, 0.2) is 104 Å². The summed E-state index contributed by atoms with van der Waals surface area (Å²) in [6, 6.07) is 19.6. The minimum absolute atomic E-state index is 0. The van der Waals surface area contributed by atoms with Crippen LogP contribution in [0.2, 0.25) is 0 Å². The molecule has 0 amide bonds. The fourth-order valence-electron chi connectivity index (χ4n) is 6.52. The molecule has 358 valence electrons. The van der Waals surface area contributed by atoms with Gasteiger partial charge in [0.1, 0.15) is 11.4 Å². The Bertz CT molecular complexity index is 3340. The Balaban J connectivity index is 0.000000387. The average molecular weight is 1050 g/mol. The maximum Gasteiger partial charge on any atom is 0.329 e. The quantitative estimate of drug-likeness (QED) is 0.0369. The maximum atomic E-state index is 13.6. The van der Waals surface area contributed by atoms with E-state index in [2.05, 4.69) is 29.1 Å². The zero-order chi connectivity index (χ0) is 50.3. The molecule has 0 spiro atoms. The van der Waals surface area contributed by atoms with Crippen LogP contribution in [0, 0.1) is 48.4 Å². The van der Waals surface area contributed by atoms with E-state index in [1.807, 2.05) is 39.0 Å². The third kappa shape index (κ3) is 17.8. The van der Waals surface area contributed by atoms with Crippen LogP contribution in [-0.4, -0.2) is 58.4 Å². The summed E-state index contributed by atoms with van der Waals surface area (Å²) < 4.78 is 58.5. The van der Waals surface area contributed by atoms with Crippen LogP contribution < -0.4 is 27.2 Å². The molecule has 22 heteroatoms.